The highest BCUT2D eigenvalue weighted by Crippen LogP contribution is 2.33. The quantitative estimate of drug-likeness (QED) is 0.342. The van der Waals surface area contributed by atoms with Crippen molar-refractivity contribution in [3.05, 3.63) is 34.2 Å². The van der Waals surface area contributed by atoms with Gasteiger partial charge >= 0.3 is 5.97 Å². The molecule has 0 aliphatic carbocycles. The molecule has 90 valence electrons. The molecule has 0 atom stereocenters. The van der Waals surface area contributed by atoms with Crippen LogP contribution < -0.4 is 0 Å². The van der Waals surface area contributed by atoms with Crippen molar-refractivity contribution < 1.29 is 27.1 Å². The molecule has 7 heteroatoms. The Hall–Kier alpha value is -1.63. The molecule has 1 aromatic carbocycles. The van der Waals surface area contributed by atoms with Gasteiger partial charge < -0.3 is 4.74 Å². The van der Waals surface area contributed by atoms with E-state index in [1.807, 2.05) is 0 Å². The number of fused-ring (bicyclic) bond motifs is 1. The Labute approximate surface area is 96.4 Å². The van der Waals surface area contributed by atoms with Crippen LogP contribution in [-0.4, -0.2) is 13.1 Å². The highest BCUT2D eigenvalue weighted by Gasteiger charge is 2.24. The predicted octanol–water partition coefficient (Wildman–Crippen LogP) is 3.24. The number of benzene rings is 1. The lowest BCUT2D eigenvalue weighted by Gasteiger charge is -1.98. The van der Waals surface area contributed by atoms with E-state index in [0.29, 0.717) is 11.3 Å². The number of carbonyl (C=O) groups excluding carboxylic acids is 1. The third-order valence-corrected chi connectivity index (χ3v) is 3.24. The molecule has 0 bridgehead atoms. The van der Waals surface area contributed by atoms with Crippen LogP contribution in [0.2, 0.25) is 0 Å². The molecule has 2 nitrogen and oxygen atoms in total. The Morgan fingerprint density at radius 3 is 2.29 bits per heavy atom. The van der Waals surface area contributed by atoms with Gasteiger partial charge in [-0.1, -0.05) is 0 Å². The number of carbonyl (C=O) groups is 1. The standard InChI is InChI=1S/C10H4F4O2S/c1-16-10(15)4-2-3-5(11)6(12)7(13)8(14)9(3)17-4/h2H,1H3. The minimum absolute atomic E-state index is 0.134. The minimum Gasteiger partial charge on any atom is -0.465 e. The molecular weight excluding hydrogens is 260 g/mol. The van der Waals surface area contributed by atoms with E-state index in [1.54, 1.807) is 0 Å². The van der Waals surface area contributed by atoms with Crippen LogP contribution in [0.25, 0.3) is 10.1 Å². The van der Waals surface area contributed by atoms with E-state index in [4.69, 9.17) is 0 Å². The molecule has 0 fully saturated rings. The highest BCUT2D eigenvalue weighted by atomic mass is 32.1. The second-order valence-corrected chi connectivity index (χ2v) is 4.15. The second kappa shape index (κ2) is 3.99. The lowest BCUT2D eigenvalue weighted by Crippen LogP contribution is -1.96. The molecule has 0 amide bonds. The van der Waals surface area contributed by atoms with Gasteiger partial charge in [0.15, 0.2) is 23.3 Å². The number of halogens is 4. The zero-order valence-corrected chi connectivity index (χ0v) is 9.13. The number of esters is 1. The number of methoxy groups -OCH3 is 1. The van der Waals surface area contributed by atoms with Crippen LogP contribution in [0.4, 0.5) is 17.6 Å². The smallest absolute Gasteiger partial charge is 0.348 e. The van der Waals surface area contributed by atoms with Crippen molar-refractivity contribution in [2.75, 3.05) is 7.11 Å². The van der Waals surface area contributed by atoms with Gasteiger partial charge in [-0.25, -0.2) is 22.4 Å². The van der Waals surface area contributed by atoms with Gasteiger partial charge in [0, 0.05) is 5.39 Å². The Morgan fingerprint density at radius 1 is 1.12 bits per heavy atom. The number of rotatable bonds is 1. The molecule has 1 heterocycles. The first-order valence-corrected chi connectivity index (χ1v) is 5.12. The van der Waals surface area contributed by atoms with E-state index >= 15 is 0 Å². The minimum atomic E-state index is -1.90. The van der Waals surface area contributed by atoms with Crippen LogP contribution in [0.1, 0.15) is 9.67 Å². The van der Waals surface area contributed by atoms with E-state index in [2.05, 4.69) is 4.74 Å². The average Bonchev–Trinajstić information content (AvgIpc) is 2.77. The lowest BCUT2D eigenvalue weighted by atomic mass is 10.2. The fourth-order valence-electron chi connectivity index (χ4n) is 1.33. The summed E-state index contributed by atoms with van der Waals surface area (Å²) in [5.74, 6) is -7.66. The van der Waals surface area contributed by atoms with Gasteiger partial charge in [0.1, 0.15) is 4.88 Å². The van der Waals surface area contributed by atoms with Crippen LogP contribution in [0.3, 0.4) is 0 Å². The molecule has 0 aliphatic rings. The Bertz CT molecular complexity index is 576. The summed E-state index contributed by atoms with van der Waals surface area (Å²) >= 11 is 0.497. The van der Waals surface area contributed by atoms with Crippen molar-refractivity contribution in [2.45, 2.75) is 0 Å². The average molecular weight is 264 g/mol. The fraction of sp³-hybridized carbons (Fsp3) is 0.100. The molecule has 0 radical (unpaired) electrons. The maximum atomic E-state index is 13.3. The van der Waals surface area contributed by atoms with Gasteiger partial charge in [0.05, 0.1) is 11.8 Å². The molecule has 2 aromatic rings. The van der Waals surface area contributed by atoms with Crippen LogP contribution in [0.15, 0.2) is 6.07 Å². The fourth-order valence-corrected chi connectivity index (χ4v) is 2.33. The third-order valence-electron chi connectivity index (χ3n) is 2.13. The van der Waals surface area contributed by atoms with Crippen LogP contribution in [0.5, 0.6) is 0 Å². The van der Waals surface area contributed by atoms with Crippen molar-refractivity contribution in [2.24, 2.45) is 0 Å². The van der Waals surface area contributed by atoms with E-state index in [0.717, 1.165) is 13.2 Å². The largest absolute Gasteiger partial charge is 0.465 e. The third kappa shape index (κ3) is 1.66. The van der Waals surface area contributed by atoms with Crippen molar-refractivity contribution in [1.82, 2.24) is 0 Å². The summed E-state index contributed by atoms with van der Waals surface area (Å²) in [4.78, 5) is 11.0. The molecule has 2 rings (SSSR count). The summed E-state index contributed by atoms with van der Waals surface area (Å²) in [6.45, 7) is 0. The zero-order chi connectivity index (χ0) is 12.7. The van der Waals surface area contributed by atoms with E-state index < -0.39 is 39.3 Å². The van der Waals surface area contributed by atoms with E-state index in [1.165, 1.54) is 0 Å². The maximum absolute atomic E-state index is 13.3. The predicted molar refractivity (Wildman–Crippen MR) is 53.0 cm³/mol. The topological polar surface area (TPSA) is 26.3 Å². The Kier molecular flexibility index (Phi) is 2.78. The summed E-state index contributed by atoms with van der Waals surface area (Å²) in [5, 5.41) is -0.480. The van der Waals surface area contributed by atoms with Gasteiger partial charge in [-0.15, -0.1) is 11.3 Å². The van der Waals surface area contributed by atoms with Gasteiger partial charge in [-0.2, -0.15) is 0 Å². The summed E-state index contributed by atoms with van der Waals surface area (Å²) < 4.78 is 56.3. The van der Waals surface area contributed by atoms with Crippen molar-refractivity contribution in [1.29, 1.82) is 0 Å². The van der Waals surface area contributed by atoms with E-state index in [9.17, 15) is 22.4 Å². The summed E-state index contributed by atoms with van der Waals surface area (Å²) in [6.07, 6.45) is 0. The second-order valence-electron chi connectivity index (χ2n) is 3.10. The molecule has 0 saturated heterocycles. The van der Waals surface area contributed by atoms with Crippen molar-refractivity contribution >= 4 is 27.4 Å². The molecule has 0 N–H and O–H groups in total. The number of ether oxygens (including phenoxy) is 1. The normalized spacial score (nSPS) is 10.9. The summed E-state index contributed by atoms with van der Waals surface area (Å²) in [6, 6.07) is 0.923. The first kappa shape index (κ1) is 11.8. The van der Waals surface area contributed by atoms with Crippen LogP contribution in [-0.2, 0) is 4.74 Å². The van der Waals surface area contributed by atoms with Gasteiger partial charge in [0.25, 0.3) is 0 Å². The first-order valence-electron chi connectivity index (χ1n) is 4.31. The molecule has 0 unspecified atom stereocenters. The SMILES string of the molecule is COC(=O)c1cc2c(F)c(F)c(F)c(F)c2s1. The molecule has 0 spiro atoms. The summed E-state index contributed by atoms with van der Waals surface area (Å²) in [7, 11) is 1.08. The van der Waals surface area contributed by atoms with Crippen LogP contribution in [0, 0.1) is 23.3 Å². The van der Waals surface area contributed by atoms with Crippen LogP contribution >= 0.6 is 11.3 Å². The summed E-state index contributed by atoms with van der Waals surface area (Å²) in [5.41, 5.74) is 0. The first-order chi connectivity index (χ1) is 7.97. The molecule has 0 aliphatic heterocycles. The highest BCUT2D eigenvalue weighted by molar-refractivity contribution is 7.20. The van der Waals surface area contributed by atoms with E-state index in [-0.39, 0.29) is 4.88 Å². The molecule has 1 aromatic heterocycles. The Balaban J connectivity index is 2.81. The Morgan fingerprint density at radius 2 is 1.71 bits per heavy atom. The number of thiophene rings is 1. The van der Waals surface area contributed by atoms with Crippen molar-refractivity contribution in [3.8, 4) is 0 Å². The van der Waals surface area contributed by atoms with Gasteiger partial charge in [-0.3, -0.25) is 0 Å². The molecule has 0 saturated carbocycles. The molecular formula is C10H4F4O2S. The molecule has 17 heavy (non-hydrogen) atoms. The van der Waals surface area contributed by atoms with Crippen molar-refractivity contribution in [3.63, 3.8) is 0 Å². The maximum Gasteiger partial charge on any atom is 0.348 e. The van der Waals surface area contributed by atoms with Gasteiger partial charge in [-0.05, 0) is 6.07 Å². The monoisotopic (exact) mass is 264 g/mol. The zero-order valence-electron chi connectivity index (χ0n) is 8.31. The number of hydrogen-bond donors (Lipinski definition) is 0. The number of hydrogen-bond acceptors (Lipinski definition) is 3. The van der Waals surface area contributed by atoms with Gasteiger partial charge in [0.2, 0.25) is 0 Å². The lowest BCUT2D eigenvalue weighted by molar-refractivity contribution is 0.0606.